The predicted octanol–water partition coefficient (Wildman–Crippen LogP) is 9.72. The summed E-state index contributed by atoms with van der Waals surface area (Å²) in [5.41, 5.74) is 6.72. The van der Waals surface area contributed by atoms with Crippen LogP contribution in [0.1, 0.15) is 107 Å². The van der Waals surface area contributed by atoms with Crippen molar-refractivity contribution in [2.75, 3.05) is 0 Å². The molecule has 0 saturated carbocycles. The van der Waals surface area contributed by atoms with Crippen molar-refractivity contribution in [2.24, 2.45) is 5.41 Å². The Morgan fingerprint density at radius 2 is 1.58 bits per heavy atom. The Morgan fingerprint density at radius 1 is 0.921 bits per heavy atom. The quantitative estimate of drug-likeness (QED) is 0.216. The third kappa shape index (κ3) is 5.35. The molecule has 0 amide bonds. The van der Waals surface area contributed by atoms with Gasteiger partial charge in [0.25, 0.3) is 0 Å². The summed E-state index contributed by atoms with van der Waals surface area (Å²) in [7, 11) is 0. The maximum atomic E-state index is 6.68. The Kier molecular flexibility index (Phi) is 7.58. The van der Waals surface area contributed by atoms with Crippen molar-refractivity contribution in [3.63, 3.8) is 0 Å². The summed E-state index contributed by atoms with van der Waals surface area (Å²) in [6.45, 7) is 18.4. The van der Waals surface area contributed by atoms with Gasteiger partial charge in [-0.05, 0) is 76.8 Å². The van der Waals surface area contributed by atoms with Gasteiger partial charge in [0, 0.05) is 22.8 Å². The molecule has 0 saturated heterocycles. The predicted molar refractivity (Wildman–Crippen MR) is 162 cm³/mol. The first-order valence-corrected chi connectivity index (χ1v) is 15.3. The Balaban J connectivity index is 1.63. The molecule has 38 heavy (non-hydrogen) atoms. The average molecular weight is 546 g/mol. The van der Waals surface area contributed by atoms with E-state index in [1.165, 1.54) is 44.1 Å². The summed E-state index contributed by atoms with van der Waals surface area (Å²) in [4.78, 5) is 17.9. The first-order valence-electron chi connectivity index (χ1n) is 13.8. The molecule has 0 radical (unpaired) electrons. The van der Waals surface area contributed by atoms with E-state index in [0.29, 0.717) is 34.9 Å². The summed E-state index contributed by atoms with van der Waals surface area (Å²) < 4.78 is 6.68. The number of aromatic nitrogens is 3. The first kappa shape index (κ1) is 27.1. The van der Waals surface area contributed by atoms with Crippen LogP contribution in [-0.2, 0) is 12.8 Å². The zero-order valence-corrected chi connectivity index (χ0v) is 25.5. The minimum absolute atomic E-state index is 0.307. The van der Waals surface area contributed by atoms with Crippen LogP contribution in [0.15, 0.2) is 41.6 Å². The van der Waals surface area contributed by atoms with Crippen LogP contribution in [0, 0.1) is 5.41 Å². The minimum Gasteiger partial charge on any atom is -0.400 e. The van der Waals surface area contributed by atoms with Crippen LogP contribution < -0.4 is 4.18 Å². The highest BCUT2D eigenvalue weighted by Crippen LogP contribution is 2.47. The van der Waals surface area contributed by atoms with Gasteiger partial charge in [-0.2, -0.15) is 4.98 Å². The van der Waals surface area contributed by atoms with Crippen molar-refractivity contribution >= 4 is 33.6 Å². The molecule has 200 valence electrons. The number of hydrogen-bond acceptors (Lipinski definition) is 6. The van der Waals surface area contributed by atoms with E-state index in [0.717, 1.165) is 35.0 Å². The molecular weight excluding hydrogens is 507 g/mol. The van der Waals surface area contributed by atoms with Gasteiger partial charge in [0.2, 0.25) is 5.88 Å². The molecular formula is C32H39N3OS2. The maximum Gasteiger partial charge on any atom is 0.241 e. The van der Waals surface area contributed by atoms with Crippen LogP contribution in [0.25, 0.3) is 21.6 Å². The fourth-order valence-corrected chi connectivity index (χ4v) is 7.75. The van der Waals surface area contributed by atoms with Gasteiger partial charge in [0.05, 0.1) is 22.3 Å². The van der Waals surface area contributed by atoms with E-state index in [9.17, 15) is 0 Å². The van der Waals surface area contributed by atoms with Gasteiger partial charge in [0.15, 0.2) is 5.82 Å². The Bertz CT molecular complexity index is 1430. The fraction of sp³-hybridized carbons (Fsp3) is 0.469. The molecule has 0 N–H and O–H groups in total. The number of benzene rings is 1. The lowest BCUT2D eigenvalue weighted by atomic mass is 9.77. The van der Waals surface area contributed by atoms with Crippen LogP contribution in [0.5, 0.6) is 5.88 Å². The first-order chi connectivity index (χ1) is 18.0. The van der Waals surface area contributed by atoms with Crippen molar-refractivity contribution in [1.82, 2.24) is 15.0 Å². The summed E-state index contributed by atoms with van der Waals surface area (Å²) >= 11 is 3.29. The van der Waals surface area contributed by atoms with E-state index in [2.05, 4.69) is 72.5 Å². The maximum absolute atomic E-state index is 6.68. The highest BCUT2D eigenvalue weighted by molar-refractivity contribution is 7.95. The molecule has 5 rings (SSSR count). The van der Waals surface area contributed by atoms with Crippen molar-refractivity contribution in [1.29, 1.82) is 0 Å². The van der Waals surface area contributed by atoms with E-state index >= 15 is 0 Å². The van der Waals surface area contributed by atoms with Gasteiger partial charge in [-0.1, -0.05) is 67.5 Å². The van der Waals surface area contributed by atoms with E-state index < -0.39 is 0 Å². The Labute approximate surface area is 235 Å². The van der Waals surface area contributed by atoms with Crippen molar-refractivity contribution in [2.45, 2.75) is 97.3 Å². The van der Waals surface area contributed by atoms with Gasteiger partial charge >= 0.3 is 0 Å². The number of aryl methyl sites for hydroxylation is 1. The molecule has 0 aliphatic heterocycles. The molecule has 0 atom stereocenters. The van der Waals surface area contributed by atoms with Crippen LogP contribution in [-0.4, -0.2) is 15.0 Å². The molecule has 3 aromatic heterocycles. The number of rotatable bonds is 7. The number of nitrogens with zero attached hydrogens (tertiary/aromatic N) is 3. The lowest BCUT2D eigenvalue weighted by molar-refractivity contribution is 0.319. The van der Waals surface area contributed by atoms with Crippen LogP contribution >= 0.6 is 23.4 Å². The van der Waals surface area contributed by atoms with E-state index in [-0.39, 0.29) is 0 Å². The summed E-state index contributed by atoms with van der Waals surface area (Å²) in [6.07, 6.45) is 6.86. The van der Waals surface area contributed by atoms with Crippen molar-refractivity contribution in [3.05, 3.63) is 63.8 Å². The fourth-order valence-electron chi connectivity index (χ4n) is 5.22. The molecule has 0 unspecified atom stereocenters. The molecule has 1 aromatic carbocycles. The second-order valence-electron chi connectivity index (χ2n) is 12.3. The van der Waals surface area contributed by atoms with E-state index in [4.69, 9.17) is 14.2 Å². The van der Waals surface area contributed by atoms with Gasteiger partial charge in [-0.15, -0.1) is 11.3 Å². The number of hydrogen-bond donors (Lipinski definition) is 0. The topological polar surface area (TPSA) is 47.9 Å². The Morgan fingerprint density at radius 3 is 2.18 bits per heavy atom. The summed E-state index contributed by atoms with van der Waals surface area (Å²) in [6, 6.07) is 8.68. The second kappa shape index (κ2) is 10.6. The van der Waals surface area contributed by atoms with Gasteiger partial charge in [-0.3, -0.25) is 4.98 Å². The summed E-state index contributed by atoms with van der Waals surface area (Å²) in [5, 5.41) is 1.10. The third-order valence-electron chi connectivity index (χ3n) is 7.61. The molecule has 0 spiro atoms. The molecule has 0 fully saturated rings. The molecule has 1 aliphatic carbocycles. The van der Waals surface area contributed by atoms with Gasteiger partial charge in [-0.25, -0.2) is 4.98 Å². The molecule has 0 bridgehead atoms. The number of fused-ring (bicyclic) bond motifs is 3. The van der Waals surface area contributed by atoms with E-state index in [1.54, 1.807) is 12.4 Å². The second-order valence-corrected chi connectivity index (χ2v) is 14.1. The zero-order chi connectivity index (χ0) is 27.2. The largest absolute Gasteiger partial charge is 0.400 e. The van der Waals surface area contributed by atoms with Crippen LogP contribution in [0.4, 0.5) is 0 Å². The number of thiophene rings is 1. The van der Waals surface area contributed by atoms with Crippen LogP contribution in [0.3, 0.4) is 0 Å². The normalized spacial score (nSPS) is 15.0. The molecule has 3 heterocycles. The van der Waals surface area contributed by atoms with Crippen LogP contribution in [0.2, 0.25) is 0 Å². The van der Waals surface area contributed by atoms with Gasteiger partial charge in [0.1, 0.15) is 4.83 Å². The lowest BCUT2D eigenvalue weighted by Crippen LogP contribution is -2.20. The zero-order valence-electron chi connectivity index (χ0n) is 23.9. The molecule has 1 aliphatic rings. The number of pyridine rings is 1. The summed E-state index contributed by atoms with van der Waals surface area (Å²) in [5.74, 6) is 2.64. The smallest absolute Gasteiger partial charge is 0.241 e. The monoisotopic (exact) mass is 545 g/mol. The van der Waals surface area contributed by atoms with Crippen molar-refractivity contribution < 1.29 is 4.18 Å². The minimum atomic E-state index is 0.307. The molecule has 4 aromatic rings. The highest BCUT2D eigenvalue weighted by Gasteiger charge is 2.31. The molecule has 4 nitrogen and oxygen atoms in total. The SMILES string of the molecule is CC(C)c1cc(C(C)C)c(SOc2nc(-c3ccncc3)nc3sc4c(c23)CCC(C)(C)C4)c(C(C)C)c1. The lowest BCUT2D eigenvalue weighted by Gasteiger charge is -2.29. The average Bonchev–Trinajstić information content (AvgIpc) is 3.23. The molecule has 6 heteroatoms. The van der Waals surface area contributed by atoms with E-state index in [1.807, 2.05) is 23.5 Å². The standard InChI is InChI=1S/C32H39N3OS2/c1-18(2)22-15-24(19(3)4)28(25(16-22)20(5)6)38-36-30-27-23-9-12-32(7,8)17-26(23)37-31(27)35-29(34-30)21-10-13-33-14-11-21/h10-11,13-16,18-20H,9,12,17H2,1-8H3. The van der Waals surface area contributed by atoms with Crippen molar-refractivity contribution in [3.8, 4) is 17.3 Å². The third-order valence-corrected chi connectivity index (χ3v) is 9.62. The van der Waals surface area contributed by atoms with Gasteiger partial charge < -0.3 is 4.18 Å². The highest BCUT2D eigenvalue weighted by atomic mass is 32.2. The Hall–Kier alpha value is -2.44.